The van der Waals surface area contributed by atoms with Crippen LogP contribution in [-0.4, -0.2) is 29.1 Å². The first-order chi connectivity index (χ1) is 8.62. The molecule has 0 saturated carbocycles. The van der Waals surface area contributed by atoms with Crippen LogP contribution in [0.1, 0.15) is 19.4 Å². The summed E-state index contributed by atoms with van der Waals surface area (Å²) in [7, 11) is 1.49. The van der Waals surface area contributed by atoms with Crippen molar-refractivity contribution in [2.45, 2.75) is 26.7 Å². The highest BCUT2D eigenvalue weighted by atomic mass is 16.5. The lowest BCUT2D eigenvalue weighted by Crippen LogP contribution is -2.43. The average molecular weight is 265 g/mol. The number of carbonyl (C=O) groups is 1. The molecule has 5 heteroatoms. The van der Waals surface area contributed by atoms with Gasteiger partial charge >= 0.3 is 5.97 Å². The maximum Gasteiger partial charge on any atom is 0.338 e. The molecule has 0 unspecified atom stereocenters. The molecule has 0 aliphatic rings. The topological polar surface area (TPSA) is 70.0 Å². The molecule has 0 aliphatic carbocycles. The Morgan fingerprint density at radius 2 is 2.00 bits per heavy atom. The molecule has 1 aromatic rings. The molecule has 0 radical (unpaired) electrons. The van der Waals surface area contributed by atoms with Gasteiger partial charge in [0.15, 0.2) is 5.75 Å². The van der Waals surface area contributed by atoms with Crippen molar-refractivity contribution in [2.75, 3.05) is 11.9 Å². The molecule has 0 aliphatic heterocycles. The summed E-state index contributed by atoms with van der Waals surface area (Å²) in [4.78, 5) is 12.8. The van der Waals surface area contributed by atoms with Gasteiger partial charge in [0.05, 0.1) is 5.69 Å². The van der Waals surface area contributed by atoms with Crippen LogP contribution in [0.4, 0.5) is 5.69 Å². The van der Waals surface area contributed by atoms with E-state index in [-0.39, 0.29) is 11.3 Å². The van der Waals surface area contributed by atoms with Crippen molar-refractivity contribution in [1.29, 1.82) is 0 Å². The van der Waals surface area contributed by atoms with Gasteiger partial charge in [-0.25, -0.2) is 4.79 Å². The molecule has 1 rings (SSSR count). The zero-order valence-electron chi connectivity index (χ0n) is 11.6. The summed E-state index contributed by atoms with van der Waals surface area (Å²) in [5.74, 6) is -2.36. The lowest BCUT2D eigenvalue weighted by atomic mass is 10.2. The Morgan fingerprint density at radius 1 is 1.42 bits per heavy atom. The smallest absolute Gasteiger partial charge is 0.338 e. The molecule has 0 aromatic heterocycles. The van der Waals surface area contributed by atoms with Gasteiger partial charge in [-0.2, -0.15) is 0 Å². The Labute approximate surface area is 112 Å². The minimum absolute atomic E-state index is 0.254. The first-order valence-corrected chi connectivity index (χ1v) is 5.80. The van der Waals surface area contributed by atoms with Crippen LogP contribution in [0.25, 0.3) is 0 Å². The van der Waals surface area contributed by atoms with Gasteiger partial charge in [0.25, 0.3) is 0 Å². The van der Waals surface area contributed by atoms with Gasteiger partial charge in [-0.3, -0.25) is 0 Å². The Balaban J connectivity index is 3.19. The molecule has 0 heterocycles. The first kappa shape index (κ1) is 15.2. The van der Waals surface area contributed by atoms with E-state index in [1.165, 1.54) is 18.9 Å². The standard InChI is InChI=1S/C14H19NO4/c1-9(2)13(16)19-12-8-10(3)6-7-11(12)15(5)14(4,17)18/h6-8,17-18H,1H2,2-5H3. The summed E-state index contributed by atoms with van der Waals surface area (Å²) in [5, 5.41) is 19.2. The van der Waals surface area contributed by atoms with E-state index in [0.29, 0.717) is 5.69 Å². The number of hydrogen-bond donors (Lipinski definition) is 2. The molecule has 1 aromatic carbocycles. The molecular formula is C14H19NO4. The third kappa shape index (κ3) is 3.81. The van der Waals surface area contributed by atoms with E-state index in [2.05, 4.69) is 6.58 Å². The molecule has 0 amide bonds. The predicted octanol–water partition coefficient (Wildman–Crippen LogP) is 1.57. The van der Waals surface area contributed by atoms with Crippen LogP contribution in [0.5, 0.6) is 5.75 Å². The van der Waals surface area contributed by atoms with Gasteiger partial charge in [-0.05, 0) is 31.5 Å². The number of anilines is 1. The summed E-state index contributed by atoms with van der Waals surface area (Å²) in [5.41, 5.74) is 1.55. The summed E-state index contributed by atoms with van der Waals surface area (Å²) in [6.45, 7) is 8.12. The molecule has 0 atom stereocenters. The van der Waals surface area contributed by atoms with Crippen LogP contribution in [0, 0.1) is 6.92 Å². The molecule has 104 valence electrons. The quantitative estimate of drug-likeness (QED) is 0.374. The molecule has 5 nitrogen and oxygen atoms in total. The summed E-state index contributed by atoms with van der Waals surface area (Å²) in [6, 6.07) is 5.09. The van der Waals surface area contributed by atoms with Crippen molar-refractivity contribution in [3.63, 3.8) is 0 Å². The third-order valence-electron chi connectivity index (χ3n) is 2.66. The van der Waals surface area contributed by atoms with E-state index in [9.17, 15) is 15.0 Å². The number of esters is 1. The van der Waals surface area contributed by atoms with E-state index in [0.717, 1.165) is 5.56 Å². The molecule has 0 saturated heterocycles. The Hall–Kier alpha value is -1.85. The number of aryl methyl sites for hydroxylation is 1. The van der Waals surface area contributed by atoms with Crippen molar-refractivity contribution in [3.8, 4) is 5.75 Å². The fourth-order valence-electron chi connectivity index (χ4n) is 1.40. The third-order valence-corrected chi connectivity index (χ3v) is 2.66. The molecule has 0 fully saturated rings. The van der Waals surface area contributed by atoms with Gasteiger partial charge in [0.2, 0.25) is 5.91 Å². The lowest BCUT2D eigenvalue weighted by molar-refractivity contribution is -0.142. The Kier molecular flexibility index (Phi) is 4.34. The van der Waals surface area contributed by atoms with E-state index < -0.39 is 11.9 Å². The first-order valence-electron chi connectivity index (χ1n) is 5.80. The Morgan fingerprint density at radius 3 is 2.47 bits per heavy atom. The summed E-state index contributed by atoms with van der Waals surface area (Å²) < 4.78 is 5.20. The lowest BCUT2D eigenvalue weighted by Gasteiger charge is -2.31. The van der Waals surface area contributed by atoms with Crippen LogP contribution in [0.15, 0.2) is 30.4 Å². The highest BCUT2D eigenvalue weighted by Crippen LogP contribution is 2.31. The number of rotatable bonds is 4. The maximum atomic E-state index is 11.6. The van der Waals surface area contributed by atoms with E-state index in [1.807, 2.05) is 6.92 Å². The fraction of sp³-hybridized carbons (Fsp3) is 0.357. The van der Waals surface area contributed by atoms with Crippen LogP contribution < -0.4 is 9.64 Å². The van der Waals surface area contributed by atoms with Crippen molar-refractivity contribution in [3.05, 3.63) is 35.9 Å². The van der Waals surface area contributed by atoms with Crippen LogP contribution in [0.3, 0.4) is 0 Å². The van der Waals surface area contributed by atoms with E-state index in [4.69, 9.17) is 4.74 Å². The van der Waals surface area contributed by atoms with Crippen molar-refractivity contribution < 1.29 is 19.7 Å². The minimum Gasteiger partial charge on any atom is -0.421 e. The number of ether oxygens (including phenoxy) is 1. The van der Waals surface area contributed by atoms with Gasteiger partial charge in [0, 0.05) is 19.5 Å². The predicted molar refractivity (Wildman–Crippen MR) is 72.9 cm³/mol. The number of hydrogen-bond acceptors (Lipinski definition) is 5. The second-order valence-electron chi connectivity index (χ2n) is 4.67. The number of aliphatic hydroxyl groups is 2. The van der Waals surface area contributed by atoms with Gasteiger partial charge in [-0.1, -0.05) is 12.6 Å². The van der Waals surface area contributed by atoms with Crippen LogP contribution >= 0.6 is 0 Å². The van der Waals surface area contributed by atoms with Crippen molar-refractivity contribution in [2.24, 2.45) is 0 Å². The second-order valence-corrected chi connectivity index (χ2v) is 4.67. The SMILES string of the molecule is C=C(C)C(=O)Oc1cc(C)ccc1N(C)C(C)(O)O. The van der Waals surface area contributed by atoms with E-state index >= 15 is 0 Å². The van der Waals surface area contributed by atoms with Crippen LogP contribution in [0.2, 0.25) is 0 Å². The summed E-state index contributed by atoms with van der Waals surface area (Å²) in [6.07, 6.45) is 0. The number of nitrogens with zero attached hydrogens (tertiary/aromatic N) is 1. The number of benzene rings is 1. The Bertz CT molecular complexity index is 503. The second kappa shape index (κ2) is 5.42. The molecule has 19 heavy (non-hydrogen) atoms. The molecule has 0 spiro atoms. The summed E-state index contributed by atoms with van der Waals surface area (Å²) >= 11 is 0. The zero-order valence-corrected chi connectivity index (χ0v) is 11.6. The number of carbonyl (C=O) groups excluding carboxylic acids is 1. The molecular weight excluding hydrogens is 246 g/mol. The highest BCUT2D eigenvalue weighted by molar-refractivity contribution is 5.89. The average Bonchev–Trinajstić information content (AvgIpc) is 2.27. The molecule has 2 N–H and O–H groups in total. The zero-order chi connectivity index (χ0) is 14.8. The highest BCUT2D eigenvalue weighted by Gasteiger charge is 2.25. The van der Waals surface area contributed by atoms with E-state index in [1.54, 1.807) is 25.1 Å². The van der Waals surface area contributed by atoms with Crippen LogP contribution in [-0.2, 0) is 4.79 Å². The van der Waals surface area contributed by atoms with Crippen molar-refractivity contribution in [1.82, 2.24) is 0 Å². The molecule has 0 bridgehead atoms. The fourth-order valence-corrected chi connectivity index (χ4v) is 1.40. The normalized spacial score (nSPS) is 11.1. The maximum absolute atomic E-state index is 11.6. The van der Waals surface area contributed by atoms with Gasteiger partial charge in [0.1, 0.15) is 0 Å². The van der Waals surface area contributed by atoms with Gasteiger partial charge in [-0.15, -0.1) is 0 Å². The largest absolute Gasteiger partial charge is 0.421 e. The van der Waals surface area contributed by atoms with Crippen molar-refractivity contribution >= 4 is 11.7 Å². The van der Waals surface area contributed by atoms with Gasteiger partial charge < -0.3 is 19.8 Å². The minimum atomic E-state index is -2.06. The monoisotopic (exact) mass is 265 g/mol.